The number of hydrogen-bond donors (Lipinski definition) is 2. The number of rotatable bonds is 6. The van der Waals surface area contributed by atoms with Gasteiger partial charge in [-0.05, 0) is 43.3 Å². The second-order valence-electron chi connectivity index (χ2n) is 6.96. The van der Waals surface area contributed by atoms with Gasteiger partial charge in [-0.25, -0.2) is 8.42 Å². The standard InChI is InChI=1S/C17H26ClN3O2S2/c1-13-5-6-14(11-16(13)18)19-17(24)21(9-4-8-20(2)3)15-7-10-25(22,23)12-15/h5-6,11,15H,4,7-10,12H2,1-3H3,(H,19,24)/p+1/t15-/m0/s1. The van der Waals surface area contributed by atoms with Gasteiger partial charge in [0.1, 0.15) is 0 Å². The molecule has 8 heteroatoms. The van der Waals surface area contributed by atoms with E-state index in [1.807, 2.05) is 30.0 Å². The third kappa shape index (κ3) is 6.09. The molecule has 1 aromatic carbocycles. The Balaban J connectivity index is 2.09. The van der Waals surface area contributed by atoms with Crippen molar-refractivity contribution in [3.8, 4) is 0 Å². The molecule has 1 fully saturated rings. The second kappa shape index (κ2) is 8.66. The first-order valence-corrected chi connectivity index (χ1v) is 11.1. The summed E-state index contributed by atoms with van der Waals surface area (Å²) in [7, 11) is 1.26. The van der Waals surface area contributed by atoms with Gasteiger partial charge < -0.3 is 15.1 Å². The average Bonchev–Trinajstić information content (AvgIpc) is 2.87. The van der Waals surface area contributed by atoms with E-state index in [9.17, 15) is 8.42 Å². The molecule has 0 bridgehead atoms. The maximum Gasteiger partial charge on any atom is 0.173 e. The van der Waals surface area contributed by atoms with Crippen LogP contribution in [0.15, 0.2) is 18.2 Å². The molecule has 0 amide bonds. The predicted octanol–water partition coefficient (Wildman–Crippen LogP) is 1.37. The Morgan fingerprint density at radius 1 is 1.44 bits per heavy atom. The number of halogens is 1. The number of quaternary nitrogens is 1. The van der Waals surface area contributed by atoms with Crippen LogP contribution in [0.5, 0.6) is 0 Å². The third-order valence-corrected chi connectivity index (χ3v) is 6.90. The van der Waals surface area contributed by atoms with Crippen LogP contribution < -0.4 is 10.2 Å². The van der Waals surface area contributed by atoms with Crippen molar-refractivity contribution in [3.63, 3.8) is 0 Å². The van der Waals surface area contributed by atoms with E-state index in [0.29, 0.717) is 16.6 Å². The van der Waals surface area contributed by atoms with Crippen molar-refractivity contribution in [2.24, 2.45) is 0 Å². The fourth-order valence-corrected chi connectivity index (χ4v) is 5.21. The largest absolute Gasteiger partial charge is 0.345 e. The Bertz CT molecular complexity index is 723. The normalized spacial score (nSPS) is 19.2. The molecule has 1 atom stereocenters. The van der Waals surface area contributed by atoms with Crippen LogP contribution in [0.2, 0.25) is 5.02 Å². The third-order valence-electron chi connectivity index (χ3n) is 4.41. The molecule has 0 unspecified atom stereocenters. The number of nitrogens with zero attached hydrogens (tertiary/aromatic N) is 1. The minimum absolute atomic E-state index is 0.0527. The lowest BCUT2D eigenvalue weighted by molar-refractivity contribution is -0.858. The molecule has 1 aromatic rings. The van der Waals surface area contributed by atoms with Gasteiger partial charge in [-0.1, -0.05) is 17.7 Å². The van der Waals surface area contributed by atoms with Crippen LogP contribution >= 0.6 is 23.8 Å². The van der Waals surface area contributed by atoms with E-state index < -0.39 is 9.84 Å². The summed E-state index contributed by atoms with van der Waals surface area (Å²) in [5, 5.41) is 4.47. The van der Waals surface area contributed by atoms with Crippen molar-refractivity contribution in [2.45, 2.75) is 25.8 Å². The van der Waals surface area contributed by atoms with Gasteiger partial charge >= 0.3 is 0 Å². The van der Waals surface area contributed by atoms with Crippen molar-refractivity contribution in [1.82, 2.24) is 4.90 Å². The first-order valence-electron chi connectivity index (χ1n) is 8.51. The summed E-state index contributed by atoms with van der Waals surface area (Å²) in [5.74, 6) is 0.421. The van der Waals surface area contributed by atoms with Gasteiger partial charge in [-0.2, -0.15) is 0 Å². The maximum atomic E-state index is 11.9. The number of aryl methyl sites for hydroxylation is 1. The van der Waals surface area contributed by atoms with E-state index in [2.05, 4.69) is 19.4 Å². The molecule has 0 spiro atoms. The lowest BCUT2D eigenvalue weighted by atomic mass is 10.2. The zero-order valence-electron chi connectivity index (χ0n) is 15.0. The predicted molar refractivity (Wildman–Crippen MR) is 108 cm³/mol. The molecule has 1 saturated heterocycles. The molecule has 25 heavy (non-hydrogen) atoms. The number of benzene rings is 1. The number of hydrogen-bond acceptors (Lipinski definition) is 3. The van der Waals surface area contributed by atoms with Crippen LogP contribution in [-0.2, 0) is 9.84 Å². The summed E-state index contributed by atoms with van der Waals surface area (Å²) >= 11 is 11.8. The molecular weight excluding hydrogens is 378 g/mol. The molecule has 0 saturated carbocycles. The van der Waals surface area contributed by atoms with Crippen LogP contribution in [0.3, 0.4) is 0 Å². The van der Waals surface area contributed by atoms with Gasteiger partial charge in [-0.15, -0.1) is 0 Å². The quantitative estimate of drug-likeness (QED) is 0.701. The van der Waals surface area contributed by atoms with Gasteiger partial charge in [0, 0.05) is 29.7 Å². The first kappa shape index (κ1) is 20.4. The fraction of sp³-hybridized carbons (Fsp3) is 0.588. The molecule has 5 nitrogen and oxygen atoms in total. The zero-order chi connectivity index (χ0) is 18.6. The first-order chi connectivity index (χ1) is 11.7. The SMILES string of the molecule is Cc1ccc(NC(=S)N(CCC[NH+](C)C)[C@H]2CCS(=O)(=O)C2)cc1Cl. The van der Waals surface area contributed by atoms with Crippen LogP contribution in [0, 0.1) is 6.92 Å². The molecule has 0 radical (unpaired) electrons. The minimum Gasteiger partial charge on any atom is -0.345 e. The molecule has 0 aromatic heterocycles. The second-order valence-corrected chi connectivity index (χ2v) is 9.98. The molecule has 140 valence electrons. The molecule has 1 aliphatic rings. The molecular formula is C17H27ClN3O2S2+. The molecule has 2 rings (SSSR count). The highest BCUT2D eigenvalue weighted by atomic mass is 35.5. The Morgan fingerprint density at radius 2 is 2.16 bits per heavy atom. The number of sulfone groups is 1. The van der Waals surface area contributed by atoms with Crippen molar-refractivity contribution < 1.29 is 13.3 Å². The Hall–Kier alpha value is -0.890. The summed E-state index contributed by atoms with van der Waals surface area (Å²) in [5.41, 5.74) is 1.83. The highest BCUT2D eigenvalue weighted by Crippen LogP contribution is 2.22. The molecule has 1 aliphatic heterocycles. The number of nitrogens with one attached hydrogen (secondary N) is 2. The van der Waals surface area contributed by atoms with Gasteiger partial charge in [0.2, 0.25) is 0 Å². The van der Waals surface area contributed by atoms with Crippen LogP contribution in [0.25, 0.3) is 0 Å². The van der Waals surface area contributed by atoms with Gasteiger partial charge in [0.25, 0.3) is 0 Å². The van der Waals surface area contributed by atoms with E-state index in [4.69, 9.17) is 23.8 Å². The van der Waals surface area contributed by atoms with E-state index in [1.54, 1.807) is 0 Å². The highest BCUT2D eigenvalue weighted by molar-refractivity contribution is 7.91. The molecule has 0 aliphatic carbocycles. The monoisotopic (exact) mass is 404 g/mol. The summed E-state index contributed by atoms with van der Waals surface area (Å²) in [6.45, 7) is 3.70. The average molecular weight is 405 g/mol. The van der Waals surface area contributed by atoms with Crippen molar-refractivity contribution >= 4 is 44.5 Å². The Morgan fingerprint density at radius 3 is 2.72 bits per heavy atom. The Kier molecular flexibility index (Phi) is 7.08. The van der Waals surface area contributed by atoms with Crippen molar-refractivity contribution in [3.05, 3.63) is 28.8 Å². The minimum atomic E-state index is -2.96. The van der Waals surface area contributed by atoms with Gasteiger partial charge in [0.15, 0.2) is 14.9 Å². The Labute approximate surface area is 161 Å². The van der Waals surface area contributed by atoms with Gasteiger partial charge in [0.05, 0.1) is 32.1 Å². The summed E-state index contributed by atoms with van der Waals surface area (Å²) in [4.78, 5) is 3.40. The smallest absolute Gasteiger partial charge is 0.173 e. The lowest BCUT2D eigenvalue weighted by Crippen LogP contribution is -3.05. The molecule has 2 N–H and O–H groups in total. The van der Waals surface area contributed by atoms with E-state index in [1.165, 1.54) is 4.90 Å². The highest BCUT2D eigenvalue weighted by Gasteiger charge is 2.33. The van der Waals surface area contributed by atoms with Crippen LogP contribution in [-0.4, -0.2) is 63.2 Å². The number of thiocarbonyl (C=S) groups is 1. The zero-order valence-corrected chi connectivity index (χ0v) is 17.4. The van der Waals surface area contributed by atoms with Crippen LogP contribution in [0.1, 0.15) is 18.4 Å². The summed E-state index contributed by atoms with van der Waals surface area (Å²) in [6, 6.07) is 5.66. The van der Waals surface area contributed by atoms with E-state index in [0.717, 1.165) is 30.8 Å². The van der Waals surface area contributed by atoms with Crippen LogP contribution in [0.4, 0.5) is 5.69 Å². The van der Waals surface area contributed by atoms with E-state index in [-0.39, 0.29) is 17.5 Å². The van der Waals surface area contributed by atoms with Crippen molar-refractivity contribution in [2.75, 3.05) is 44.0 Å². The maximum absolute atomic E-state index is 11.9. The fourth-order valence-electron chi connectivity index (χ4n) is 2.94. The topological polar surface area (TPSA) is 53.9 Å². The summed E-state index contributed by atoms with van der Waals surface area (Å²) < 4.78 is 23.8. The van der Waals surface area contributed by atoms with Gasteiger partial charge in [-0.3, -0.25) is 0 Å². The molecule has 1 heterocycles. The van der Waals surface area contributed by atoms with Crippen molar-refractivity contribution in [1.29, 1.82) is 0 Å². The lowest BCUT2D eigenvalue weighted by Gasteiger charge is -2.31. The van der Waals surface area contributed by atoms with E-state index >= 15 is 0 Å². The summed E-state index contributed by atoms with van der Waals surface area (Å²) in [6.07, 6.45) is 1.59. The number of anilines is 1.